The molecule has 0 saturated carbocycles. The lowest BCUT2D eigenvalue weighted by atomic mass is 9.97. The summed E-state index contributed by atoms with van der Waals surface area (Å²) in [6.45, 7) is 3.84. The summed E-state index contributed by atoms with van der Waals surface area (Å²) in [4.78, 5) is 24.0. The molecule has 0 aliphatic rings. The molecule has 0 atom stereocenters. The quantitative estimate of drug-likeness (QED) is 0.234. The van der Waals surface area contributed by atoms with Crippen molar-refractivity contribution in [2.45, 2.75) is 39.7 Å². The van der Waals surface area contributed by atoms with Gasteiger partial charge in [-0.25, -0.2) is 22.6 Å². The van der Waals surface area contributed by atoms with E-state index >= 15 is 0 Å². The highest BCUT2D eigenvalue weighted by molar-refractivity contribution is 7.92. The zero-order valence-corrected chi connectivity index (χ0v) is 27.9. The minimum absolute atomic E-state index is 0.0257. The van der Waals surface area contributed by atoms with Crippen molar-refractivity contribution in [1.29, 1.82) is 0 Å². The van der Waals surface area contributed by atoms with E-state index in [1.807, 2.05) is 20.8 Å². The van der Waals surface area contributed by atoms with Gasteiger partial charge in [0.2, 0.25) is 15.9 Å². The van der Waals surface area contributed by atoms with Crippen LogP contribution in [0.25, 0.3) is 11.4 Å². The molecule has 4 aromatic rings. The predicted molar refractivity (Wildman–Crippen MR) is 167 cm³/mol. The molecule has 0 aliphatic carbocycles. The Morgan fingerprint density at radius 1 is 1.00 bits per heavy atom. The first-order valence-electron chi connectivity index (χ1n) is 12.3. The van der Waals surface area contributed by atoms with Crippen LogP contribution in [-0.4, -0.2) is 45.4 Å². The second kappa shape index (κ2) is 13.8. The van der Waals surface area contributed by atoms with E-state index in [1.54, 1.807) is 0 Å². The van der Waals surface area contributed by atoms with E-state index in [-0.39, 0.29) is 48.5 Å². The van der Waals surface area contributed by atoms with Gasteiger partial charge in [0.15, 0.2) is 0 Å². The van der Waals surface area contributed by atoms with Gasteiger partial charge in [0, 0.05) is 11.5 Å². The molecular weight excluding hydrogens is 704 g/mol. The second-order valence-electron chi connectivity index (χ2n) is 10.1. The van der Waals surface area contributed by atoms with Crippen molar-refractivity contribution in [2.24, 2.45) is 0 Å². The van der Waals surface area contributed by atoms with Gasteiger partial charge in [-0.15, -0.1) is 16.6 Å². The molecule has 0 unspecified atom stereocenters. The van der Waals surface area contributed by atoms with Crippen LogP contribution < -0.4 is 20.9 Å². The summed E-state index contributed by atoms with van der Waals surface area (Å²) in [5.74, 6) is 2.08. The van der Waals surface area contributed by atoms with Crippen LogP contribution in [0.1, 0.15) is 39.0 Å². The van der Waals surface area contributed by atoms with E-state index in [2.05, 4.69) is 20.8 Å². The highest BCUT2D eigenvalue weighted by Gasteiger charge is 2.24. The molecule has 12 nitrogen and oxygen atoms in total. The number of anilines is 1. The Morgan fingerprint density at radius 3 is 2.07 bits per heavy atom. The van der Waals surface area contributed by atoms with E-state index < -0.39 is 33.4 Å². The minimum atomic E-state index is -3.65. The molecule has 0 radical (unpaired) electrons. The van der Waals surface area contributed by atoms with Crippen molar-refractivity contribution < 1.29 is 26.4 Å². The van der Waals surface area contributed by atoms with Gasteiger partial charge in [0.1, 0.15) is 18.2 Å². The predicted octanol–water partition coefficient (Wildman–Crippen LogP) is 5.86. The Hall–Kier alpha value is -3.55. The number of hydrogen-bond acceptors (Lipinski definition) is 8. The van der Waals surface area contributed by atoms with Crippen molar-refractivity contribution in [2.75, 3.05) is 17.6 Å². The van der Waals surface area contributed by atoms with Crippen molar-refractivity contribution in [1.82, 2.24) is 24.1 Å². The first kappa shape index (κ1) is 35.9. The van der Waals surface area contributed by atoms with Gasteiger partial charge in [-0.3, -0.25) is 4.72 Å². The number of sulfonamides is 1. The molecule has 0 bridgehead atoms. The van der Waals surface area contributed by atoms with Crippen LogP contribution in [0, 0.1) is 19.3 Å². The van der Waals surface area contributed by atoms with Gasteiger partial charge in [0.05, 0.1) is 43.4 Å². The Bertz CT molecular complexity index is 2010. The maximum absolute atomic E-state index is 12.8. The van der Waals surface area contributed by atoms with Crippen LogP contribution >= 0.6 is 46.4 Å². The molecule has 0 fully saturated rings. The third-order valence-corrected chi connectivity index (χ3v) is 7.27. The minimum Gasteiger partial charge on any atom is -0.479 e. The topological polar surface area (TPSA) is 143 Å². The molecule has 4 rings (SSSR count). The van der Waals surface area contributed by atoms with Crippen LogP contribution in [-0.2, 0) is 15.4 Å². The van der Waals surface area contributed by atoms with Crippen LogP contribution in [0.5, 0.6) is 5.75 Å². The normalized spacial score (nSPS) is 11.6. The molecule has 0 saturated heterocycles. The molecule has 242 valence electrons. The summed E-state index contributed by atoms with van der Waals surface area (Å²) in [6, 6.07) is 5.27. The Labute approximate surface area is 275 Å². The highest BCUT2D eigenvalue weighted by Crippen LogP contribution is 2.33. The average Bonchev–Trinajstić information content (AvgIpc) is 3.43. The molecule has 2 aromatic carbocycles. The second-order valence-corrected chi connectivity index (χ2v) is 13.5. The summed E-state index contributed by atoms with van der Waals surface area (Å²) in [5, 5.41) is 8.34. The molecular formula is C26H24Cl4F2N6O6S. The fraction of sp³-hybridized carbons (Fsp3) is 0.308. The molecule has 45 heavy (non-hydrogen) atoms. The number of benzene rings is 2. The van der Waals surface area contributed by atoms with E-state index in [0.29, 0.717) is 22.0 Å². The fourth-order valence-corrected chi connectivity index (χ4v) is 5.13. The maximum Gasteiger partial charge on any atom is 0.442 e. The van der Waals surface area contributed by atoms with Crippen LogP contribution in [0.4, 0.5) is 14.5 Å². The van der Waals surface area contributed by atoms with Gasteiger partial charge in [0.25, 0.3) is 0 Å². The first-order valence-corrected chi connectivity index (χ1v) is 15.7. The molecule has 1 N–H and O–H groups in total. The van der Waals surface area contributed by atoms with Crippen LogP contribution in [0.3, 0.4) is 0 Å². The number of rotatable bonds is 7. The molecule has 0 spiro atoms. The number of aromatic nitrogens is 5. The summed E-state index contributed by atoms with van der Waals surface area (Å²) in [7, 11) is -3.65. The third-order valence-electron chi connectivity index (χ3n) is 5.47. The van der Waals surface area contributed by atoms with Crippen LogP contribution in [0.2, 0.25) is 20.1 Å². The fourth-order valence-electron chi connectivity index (χ4n) is 3.48. The number of halogens is 6. The lowest BCUT2D eigenvalue weighted by Gasteiger charge is -2.11. The lowest BCUT2D eigenvalue weighted by Crippen LogP contribution is -2.25. The zero-order valence-electron chi connectivity index (χ0n) is 24.0. The lowest BCUT2D eigenvalue weighted by molar-refractivity contribution is 0.0640. The number of aryl methyl sites for hydroxylation is 1. The van der Waals surface area contributed by atoms with Crippen molar-refractivity contribution in [3.05, 3.63) is 77.1 Å². The number of terminal acetylenes is 1. The molecule has 19 heteroatoms. The maximum atomic E-state index is 12.8. The summed E-state index contributed by atoms with van der Waals surface area (Å²) in [5.41, 5.74) is -1.37. The van der Waals surface area contributed by atoms with E-state index in [1.165, 1.54) is 25.1 Å². The first-order chi connectivity index (χ1) is 20.7. The van der Waals surface area contributed by atoms with Gasteiger partial charge in [-0.2, -0.15) is 18.1 Å². The SMILES string of the molecule is C#CCOc1cc(-n2nc(C(C)(C)C)oc2=O)c(Cl)cc1Cl.Cc1nn(-c2cc(NS(C)(=O)=O)c(Cl)cc2Cl)c(=O)n1C(F)F. The van der Waals surface area contributed by atoms with Gasteiger partial charge >= 0.3 is 18.0 Å². The Balaban J connectivity index is 0.000000246. The number of nitrogens with zero attached hydrogens (tertiary/aromatic N) is 5. The number of hydrogen-bond donors (Lipinski definition) is 1. The number of alkyl halides is 2. The van der Waals surface area contributed by atoms with Crippen molar-refractivity contribution in [3.8, 4) is 29.5 Å². The largest absolute Gasteiger partial charge is 0.479 e. The zero-order chi connectivity index (χ0) is 34.0. The summed E-state index contributed by atoms with van der Waals surface area (Å²) >= 11 is 24.0. The molecule has 2 heterocycles. The van der Waals surface area contributed by atoms with Gasteiger partial charge in [-0.1, -0.05) is 73.1 Å². The highest BCUT2D eigenvalue weighted by atomic mass is 35.5. The number of nitrogens with one attached hydrogen (secondary N) is 1. The third kappa shape index (κ3) is 8.59. The monoisotopic (exact) mass is 726 g/mol. The van der Waals surface area contributed by atoms with Gasteiger partial charge < -0.3 is 9.15 Å². The Kier molecular flexibility index (Phi) is 11.0. The molecule has 0 amide bonds. The van der Waals surface area contributed by atoms with E-state index in [9.17, 15) is 26.8 Å². The van der Waals surface area contributed by atoms with Crippen molar-refractivity contribution in [3.63, 3.8) is 0 Å². The standard InChI is InChI=1S/C15H14Cl2N2O3.C11H10Cl2F2N4O3S/c1-5-6-21-12-8-11(9(16)7-10(12)17)19-14(20)22-13(18-19)15(2,3)4;1-5-16-19(11(20)18(5)10(14)15)9-4-8(17-23(2,21)22)6(12)3-7(9)13/h1,7-8H,6H2,2-4H3;3-4,10,17H,1-2H3. The smallest absolute Gasteiger partial charge is 0.442 e. The summed E-state index contributed by atoms with van der Waals surface area (Å²) in [6.07, 6.45) is 6.06. The Morgan fingerprint density at radius 2 is 1.58 bits per heavy atom. The van der Waals surface area contributed by atoms with Crippen molar-refractivity contribution >= 4 is 62.1 Å². The van der Waals surface area contributed by atoms with E-state index in [0.717, 1.165) is 17.0 Å². The molecule has 2 aromatic heterocycles. The van der Waals surface area contributed by atoms with E-state index in [4.69, 9.17) is 62.0 Å². The summed E-state index contributed by atoms with van der Waals surface area (Å²) < 4.78 is 62.8. The average molecular weight is 728 g/mol. The molecule has 0 aliphatic heterocycles. The van der Waals surface area contributed by atoms with Crippen LogP contribution in [0.15, 0.2) is 38.3 Å². The van der Waals surface area contributed by atoms with Gasteiger partial charge in [-0.05, 0) is 25.1 Å². The number of ether oxygens (including phenoxy) is 1.